The molecular weight excluding hydrogens is 611 g/mol. The number of rotatable bonds is 2. The van der Waals surface area contributed by atoms with Gasteiger partial charge in [-0.3, -0.25) is 0 Å². The lowest BCUT2D eigenvalue weighted by atomic mass is 9.56. The van der Waals surface area contributed by atoms with Gasteiger partial charge in [0, 0.05) is 10.8 Å². The van der Waals surface area contributed by atoms with E-state index in [4.69, 9.17) is 122 Å². The zero-order chi connectivity index (χ0) is 37.4. The van der Waals surface area contributed by atoms with Crippen LogP contribution in [0, 0.1) is 0 Å². The number of hydrogen-bond acceptors (Lipinski definition) is 1. The molecule has 0 atom stereocenters. The summed E-state index contributed by atoms with van der Waals surface area (Å²) in [7, 11) is 100.0. The second-order valence-corrected chi connectivity index (χ2v) is 12.9. The van der Waals surface area contributed by atoms with Crippen molar-refractivity contribution in [2.75, 3.05) is 0 Å². The van der Waals surface area contributed by atoms with Crippen LogP contribution in [0.5, 0.6) is 0 Å². The lowest BCUT2D eigenvalue weighted by molar-refractivity contribution is 0.669. The highest BCUT2D eigenvalue weighted by atomic mass is 16.3. The summed E-state index contributed by atoms with van der Waals surface area (Å²) in [6, 6.07) is 13.3. The fourth-order valence-electron chi connectivity index (χ4n) is 7.54. The Kier molecular flexibility index (Phi) is 8.15. The zero-order valence-electron chi connectivity index (χ0n) is 27.6. The molecule has 0 amide bonds. The van der Waals surface area contributed by atoms with Crippen molar-refractivity contribution in [3.8, 4) is 22.3 Å². The molecule has 0 bridgehead atoms. The second kappa shape index (κ2) is 12.1. The molecule has 0 saturated carbocycles. The van der Waals surface area contributed by atoms with E-state index in [1.807, 2.05) is 42.5 Å². The van der Waals surface area contributed by atoms with Gasteiger partial charge in [0.1, 0.15) is 129 Å². The number of furan rings is 1. The Morgan fingerprint density at radius 1 is 0.288 bits per heavy atom. The molecule has 16 heteroatoms. The molecule has 202 valence electrons. The maximum absolute atomic E-state index is 6.94. The summed E-state index contributed by atoms with van der Waals surface area (Å²) in [4.78, 5) is 0. The average molecular weight is 618 g/mol. The predicted octanol–water partition coefficient (Wildman–Crippen LogP) is -7.71. The molecule has 8 aromatic rings. The smallest absolute Gasteiger partial charge is 0.136 e. The highest BCUT2D eigenvalue weighted by molar-refractivity contribution is 6.74. The normalized spacial score (nSPS) is 11.8. The zero-order valence-corrected chi connectivity index (χ0v) is 27.6. The molecule has 0 saturated heterocycles. The molecule has 8 rings (SSSR count). The summed E-state index contributed by atoms with van der Waals surface area (Å²) in [6.07, 6.45) is 0. The van der Waals surface area contributed by atoms with Crippen molar-refractivity contribution >= 4 is 254 Å². The van der Waals surface area contributed by atoms with E-state index in [1.54, 1.807) is 0 Å². The van der Waals surface area contributed by atoms with Gasteiger partial charge in [-0.15, -0.1) is 38.2 Å². The Hall–Kier alpha value is -3.91. The molecule has 1 nitrogen and oxygen atoms in total. The largest absolute Gasteiger partial charge is 0.456 e. The van der Waals surface area contributed by atoms with Crippen LogP contribution in [0.4, 0.5) is 0 Å². The van der Waals surface area contributed by atoms with Crippen LogP contribution in [-0.4, -0.2) is 118 Å². The van der Waals surface area contributed by atoms with Crippen molar-refractivity contribution < 1.29 is 4.42 Å². The lowest BCUT2D eigenvalue weighted by Gasteiger charge is -2.31. The highest BCUT2D eigenvalue weighted by Gasteiger charge is 2.28. The monoisotopic (exact) mass is 620 g/mol. The van der Waals surface area contributed by atoms with E-state index < -0.39 is 0 Å². The van der Waals surface area contributed by atoms with Crippen LogP contribution in [-0.2, 0) is 0 Å². The standard InChI is InChI=1S/C36H7B15O/c37-22-15-13(8-5-6-10-9-3-1-2-4-11(9)52-12(10)7-8)16-18(26(41)34(49)32(47)23(16)38)14(17(15)25(40)33(48)31(22)46)19-20-21(28(43)30(45)24(19)39)29(44)36(51)35(50)27(20)42/h1-7H. The van der Waals surface area contributed by atoms with Crippen molar-refractivity contribution in [1.82, 2.24) is 0 Å². The van der Waals surface area contributed by atoms with E-state index in [2.05, 4.69) is 0 Å². The molecule has 7 aromatic carbocycles. The van der Waals surface area contributed by atoms with Gasteiger partial charge in [0.15, 0.2) is 0 Å². The number of hydrogen-bond donors (Lipinski definition) is 0. The summed E-state index contributed by atoms with van der Waals surface area (Å²) in [5.41, 5.74) is 2.87. The topological polar surface area (TPSA) is 13.1 Å². The first-order chi connectivity index (χ1) is 24.6. The van der Waals surface area contributed by atoms with Gasteiger partial charge in [-0.05, 0) is 72.8 Å². The van der Waals surface area contributed by atoms with Gasteiger partial charge in [0.2, 0.25) is 0 Å². The number of fused-ring (bicyclic) bond motifs is 6. The van der Waals surface area contributed by atoms with Gasteiger partial charge >= 0.3 is 0 Å². The van der Waals surface area contributed by atoms with E-state index in [0.717, 1.165) is 10.8 Å². The van der Waals surface area contributed by atoms with E-state index in [-0.39, 0.29) is 115 Å². The lowest BCUT2D eigenvalue weighted by Crippen LogP contribution is -2.53. The minimum atomic E-state index is -0.0385. The first-order valence-electron chi connectivity index (χ1n) is 15.8. The van der Waals surface area contributed by atoms with Gasteiger partial charge in [0.25, 0.3) is 0 Å². The van der Waals surface area contributed by atoms with Crippen molar-refractivity contribution in [3.63, 3.8) is 0 Å². The fraction of sp³-hybridized carbons (Fsp3) is 0. The quantitative estimate of drug-likeness (QED) is 0.139. The average Bonchev–Trinajstić information content (AvgIpc) is 3.51. The molecule has 0 unspecified atom stereocenters. The van der Waals surface area contributed by atoms with Crippen molar-refractivity contribution in [3.05, 3.63) is 42.5 Å². The van der Waals surface area contributed by atoms with Gasteiger partial charge in [-0.1, -0.05) is 68.0 Å². The third kappa shape index (κ3) is 4.51. The van der Waals surface area contributed by atoms with Crippen LogP contribution in [0.2, 0.25) is 0 Å². The van der Waals surface area contributed by atoms with E-state index in [1.165, 1.54) is 0 Å². The van der Waals surface area contributed by atoms with Gasteiger partial charge < -0.3 is 4.42 Å². The van der Waals surface area contributed by atoms with Crippen molar-refractivity contribution in [2.45, 2.75) is 0 Å². The molecule has 1 heterocycles. The Labute approximate surface area is 321 Å². The van der Waals surface area contributed by atoms with Gasteiger partial charge in [-0.2, -0.15) is 0 Å². The SMILES string of the molecule is [B]c1c([B])c([B])c2c(-c3c4c([B])c([B])c([B])c([B])c4c(-c4ccc5c(c4)oc4ccccc45)c4c([B])c([B])c([B])c([B])c34)c([B])c([B])c([B])c2c1[B]. The summed E-state index contributed by atoms with van der Waals surface area (Å²) < 4.78 is 6.27. The van der Waals surface area contributed by atoms with Crippen LogP contribution < -0.4 is 81.9 Å². The Balaban J connectivity index is 1.73. The Morgan fingerprint density at radius 2 is 0.654 bits per heavy atom. The second-order valence-electron chi connectivity index (χ2n) is 12.9. The molecule has 0 aliphatic heterocycles. The molecule has 0 aliphatic rings. The van der Waals surface area contributed by atoms with Crippen LogP contribution >= 0.6 is 0 Å². The summed E-state index contributed by atoms with van der Waals surface area (Å²) in [6.45, 7) is 0. The molecule has 0 N–H and O–H groups in total. The number of para-hydroxylation sites is 1. The van der Waals surface area contributed by atoms with E-state index >= 15 is 0 Å². The van der Waals surface area contributed by atoms with Crippen molar-refractivity contribution in [1.29, 1.82) is 0 Å². The molecule has 0 spiro atoms. The molecule has 30 radical (unpaired) electrons. The molecule has 0 aliphatic carbocycles. The minimum Gasteiger partial charge on any atom is -0.456 e. The van der Waals surface area contributed by atoms with Crippen LogP contribution in [0.15, 0.2) is 46.9 Å². The molecular formula is C36H7B15O. The predicted molar refractivity (Wildman–Crippen MR) is 238 cm³/mol. The van der Waals surface area contributed by atoms with Gasteiger partial charge in [-0.25, -0.2) is 0 Å². The Bertz CT molecular complexity index is 2880. The summed E-state index contributed by atoms with van der Waals surface area (Å²) >= 11 is 0. The van der Waals surface area contributed by atoms with Crippen LogP contribution in [0.25, 0.3) is 76.5 Å². The van der Waals surface area contributed by atoms with E-state index in [9.17, 15) is 0 Å². The Morgan fingerprint density at radius 3 is 1.13 bits per heavy atom. The molecule has 0 fully saturated rings. The summed E-state index contributed by atoms with van der Waals surface area (Å²) in [5.74, 6) is 0. The third-order valence-electron chi connectivity index (χ3n) is 10.3. The number of benzene rings is 7. The minimum absolute atomic E-state index is 0.000539. The highest BCUT2D eigenvalue weighted by Crippen LogP contribution is 2.42. The van der Waals surface area contributed by atoms with Crippen molar-refractivity contribution in [2.24, 2.45) is 0 Å². The fourth-order valence-corrected chi connectivity index (χ4v) is 7.54. The molecule has 52 heavy (non-hydrogen) atoms. The first-order valence-corrected chi connectivity index (χ1v) is 15.8. The maximum atomic E-state index is 6.94. The van der Waals surface area contributed by atoms with Crippen LogP contribution in [0.3, 0.4) is 0 Å². The van der Waals surface area contributed by atoms with Crippen LogP contribution in [0.1, 0.15) is 0 Å². The molecule has 1 aromatic heterocycles. The van der Waals surface area contributed by atoms with E-state index in [0.29, 0.717) is 33.1 Å². The first kappa shape index (κ1) is 35.1. The summed E-state index contributed by atoms with van der Waals surface area (Å²) in [5, 5.41) is 3.38. The van der Waals surface area contributed by atoms with Gasteiger partial charge in [0.05, 0.1) is 0 Å². The third-order valence-corrected chi connectivity index (χ3v) is 10.3. The maximum Gasteiger partial charge on any atom is 0.136 e.